The van der Waals surface area contributed by atoms with Crippen molar-refractivity contribution in [3.63, 3.8) is 0 Å². The molecule has 1 aliphatic heterocycles. The van der Waals surface area contributed by atoms with Gasteiger partial charge in [-0.05, 0) is 38.0 Å². The van der Waals surface area contributed by atoms with E-state index in [4.69, 9.17) is 0 Å². The first-order valence-corrected chi connectivity index (χ1v) is 8.46. The Bertz CT molecular complexity index is 407. The van der Waals surface area contributed by atoms with Crippen LogP contribution in [0.25, 0.3) is 0 Å². The van der Waals surface area contributed by atoms with E-state index in [2.05, 4.69) is 10.6 Å². The standard InChI is InChI=1S/C16H27N3O3/c20-14(18-11-13-5-3-6-13)7-4-9-17-15(21)12-19-10-2-1-8-16(19)22/h13H,1-12H2,(H,17,21)(H,18,20). The highest BCUT2D eigenvalue weighted by Gasteiger charge is 2.20. The number of rotatable bonds is 8. The highest BCUT2D eigenvalue weighted by molar-refractivity contribution is 5.85. The van der Waals surface area contributed by atoms with E-state index in [0.717, 1.165) is 19.4 Å². The number of nitrogens with zero attached hydrogens (tertiary/aromatic N) is 1. The van der Waals surface area contributed by atoms with Gasteiger partial charge in [0.25, 0.3) is 0 Å². The van der Waals surface area contributed by atoms with Gasteiger partial charge >= 0.3 is 0 Å². The van der Waals surface area contributed by atoms with Crippen LogP contribution in [0, 0.1) is 5.92 Å². The third-order valence-corrected chi connectivity index (χ3v) is 4.47. The minimum absolute atomic E-state index is 0.0624. The van der Waals surface area contributed by atoms with Gasteiger partial charge in [0.05, 0.1) is 6.54 Å². The Morgan fingerprint density at radius 1 is 1.09 bits per heavy atom. The number of hydrogen-bond acceptors (Lipinski definition) is 3. The molecule has 3 amide bonds. The lowest BCUT2D eigenvalue weighted by molar-refractivity contribution is -0.137. The first-order valence-electron chi connectivity index (χ1n) is 8.46. The van der Waals surface area contributed by atoms with Gasteiger partial charge in [0.15, 0.2) is 0 Å². The number of hydrogen-bond donors (Lipinski definition) is 2. The molecule has 2 N–H and O–H groups in total. The summed E-state index contributed by atoms with van der Waals surface area (Å²) in [6.45, 7) is 2.10. The maximum absolute atomic E-state index is 11.8. The maximum atomic E-state index is 11.8. The van der Waals surface area contributed by atoms with Crippen molar-refractivity contribution >= 4 is 17.7 Å². The molecule has 0 radical (unpaired) electrons. The summed E-state index contributed by atoms with van der Waals surface area (Å²) in [5, 5.41) is 5.72. The van der Waals surface area contributed by atoms with Crippen LogP contribution < -0.4 is 10.6 Å². The van der Waals surface area contributed by atoms with Crippen molar-refractivity contribution in [3.05, 3.63) is 0 Å². The SMILES string of the molecule is O=C(CCCNC(=O)CN1CCCCC1=O)NCC1CCC1. The number of piperidine rings is 1. The fourth-order valence-corrected chi connectivity index (χ4v) is 2.78. The van der Waals surface area contributed by atoms with Gasteiger partial charge < -0.3 is 15.5 Å². The van der Waals surface area contributed by atoms with Gasteiger partial charge in [-0.25, -0.2) is 0 Å². The van der Waals surface area contributed by atoms with Crippen molar-refractivity contribution in [2.75, 3.05) is 26.2 Å². The lowest BCUT2D eigenvalue weighted by Crippen LogP contribution is -2.43. The quantitative estimate of drug-likeness (QED) is 0.651. The predicted molar refractivity (Wildman–Crippen MR) is 83.0 cm³/mol. The number of carbonyl (C=O) groups excluding carboxylic acids is 3. The molecule has 0 unspecified atom stereocenters. The van der Waals surface area contributed by atoms with E-state index in [1.165, 1.54) is 19.3 Å². The molecular formula is C16H27N3O3. The summed E-state index contributed by atoms with van der Waals surface area (Å²) in [6.07, 6.45) is 7.26. The number of carbonyl (C=O) groups is 3. The second-order valence-electron chi connectivity index (χ2n) is 6.33. The molecule has 2 rings (SSSR count). The molecule has 22 heavy (non-hydrogen) atoms. The van der Waals surface area contributed by atoms with Gasteiger partial charge in [0, 0.05) is 32.5 Å². The van der Waals surface area contributed by atoms with Crippen molar-refractivity contribution in [2.24, 2.45) is 5.92 Å². The summed E-state index contributed by atoms with van der Waals surface area (Å²) in [5.74, 6) is 0.667. The van der Waals surface area contributed by atoms with E-state index in [1.807, 2.05) is 0 Å². The Morgan fingerprint density at radius 3 is 2.59 bits per heavy atom. The third kappa shape index (κ3) is 5.66. The van der Waals surface area contributed by atoms with E-state index in [-0.39, 0.29) is 24.3 Å². The molecule has 0 aromatic carbocycles. The molecule has 0 aromatic rings. The highest BCUT2D eigenvalue weighted by Crippen LogP contribution is 2.25. The van der Waals surface area contributed by atoms with Gasteiger partial charge in [0.1, 0.15) is 0 Å². The average molecular weight is 309 g/mol. The van der Waals surface area contributed by atoms with E-state index >= 15 is 0 Å². The van der Waals surface area contributed by atoms with E-state index in [9.17, 15) is 14.4 Å². The molecule has 0 atom stereocenters. The molecule has 2 fully saturated rings. The molecular weight excluding hydrogens is 282 g/mol. The molecule has 124 valence electrons. The Morgan fingerprint density at radius 2 is 1.91 bits per heavy atom. The molecule has 2 aliphatic rings. The molecule has 0 aromatic heterocycles. The monoisotopic (exact) mass is 309 g/mol. The first kappa shape index (κ1) is 16.8. The molecule has 0 spiro atoms. The Labute approximate surface area is 132 Å². The number of nitrogens with one attached hydrogen (secondary N) is 2. The smallest absolute Gasteiger partial charge is 0.239 e. The second kappa shape index (κ2) is 8.76. The van der Waals surface area contributed by atoms with E-state index in [1.54, 1.807) is 4.90 Å². The van der Waals surface area contributed by atoms with Crippen LogP contribution in [0.4, 0.5) is 0 Å². The topological polar surface area (TPSA) is 78.5 Å². The lowest BCUT2D eigenvalue weighted by atomic mass is 9.85. The molecule has 0 bridgehead atoms. The zero-order valence-corrected chi connectivity index (χ0v) is 13.2. The van der Waals surface area contributed by atoms with Crippen LogP contribution in [0.5, 0.6) is 0 Å². The van der Waals surface area contributed by atoms with Crippen LogP contribution in [0.3, 0.4) is 0 Å². The van der Waals surface area contributed by atoms with Crippen molar-refractivity contribution in [1.82, 2.24) is 15.5 Å². The minimum Gasteiger partial charge on any atom is -0.356 e. The van der Waals surface area contributed by atoms with Crippen molar-refractivity contribution in [1.29, 1.82) is 0 Å². The Hall–Kier alpha value is -1.59. The first-order chi connectivity index (χ1) is 10.6. The zero-order valence-electron chi connectivity index (χ0n) is 13.2. The van der Waals surface area contributed by atoms with E-state index < -0.39 is 0 Å². The molecule has 1 saturated carbocycles. The highest BCUT2D eigenvalue weighted by atomic mass is 16.2. The zero-order chi connectivity index (χ0) is 15.8. The second-order valence-corrected chi connectivity index (χ2v) is 6.33. The summed E-state index contributed by atoms with van der Waals surface area (Å²) >= 11 is 0. The summed E-state index contributed by atoms with van der Waals surface area (Å²) in [6, 6.07) is 0. The molecule has 1 saturated heterocycles. The largest absolute Gasteiger partial charge is 0.356 e. The van der Waals surface area contributed by atoms with Crippen LogP contribution in [0.15, 0.2) is 0 Å². The summed E-state index contributed by atoms with van der Waals surface area (Å²) < 4.78 is 0. The summed E-state index contributed by atoms with van der Waals surface area (Å²) in [4.78, 5) is 36.6. The lowest BCUT2D eigenvalue weighted by Gasteiger charge is -2.26. The third-order valence-electron chi connectivity index (χ3n) is 4.47. The van der Waals surface area contributed by atoms with Gasteiger partial charge in [0.2, 0.25) is 17.7 Å². The Balaban J connectivity index is 1.49. The van der Waals surface area contributed by atoms with Crippen LogP contribution >= 0.6 is 0 Å². The summed E-state index contributed by atoms with van der Waals surface area (Å²) in [5.41, 5.74) is 0. The van der Waals surface area contributed by atoms with Crippen molar-refractivity contribution in [3.8, 4) is 0 Å². The van der Waals surface area contributed by atoms with Gasteiger partial charge in [-0.3, -0.25) is 14.4 Å². The molecule has 1 heterocycles. The van der Waals surface area contributed by atoms with Gasteiger partial charge in [-0.1, -0.05) is 6.42 Å². The molecule has 1 aliphatic carbocycles. The molecule has 6 nitrogen and oxygen atoms in total. The average Bonchev–Trinajstić information content (AvgIpc) is 2.44. The fraction of sp³-hybridized carbons (Fsp3) is 0.812. The summed E-state index contributed by atoms with van der Waals surface area (Å²) in [7, 11) is 0. The predicted octanol–water partition coefficient (Wildman–Crippen LogP) is 0.812. The number of amides is 3. The van der Waals surface area contributed by atoms with Crippen LogP contribution in [-0.4, -0.2) is 48.8 Å². The van der Waals surface area contributed by atoms with Gasteiger partial charge in [-0.2, -0.15) is 0 Å². The fourth-order valence-electron chi connectivity index (χ4n) is 2.78. The molecule has 6 heteroatoms. The Kier molecular flexibility index (Phi) is 6.68. The van der Waals surface area contributed by atoms with Crippen LogP contribution in [0.2, 0.25) is 0 Å². The van der Waals surface area contributed by atoms with Crippen molar-refractivity contribution < 1.29 is 14.4 Å². The van der Waals surface area contributed by atoms with E-state index in [0.29, 0.717) is 38.3 Å². The van der Waals surface area contributed by atoms with Crippen LogP contribution in [0.1, 0.15) is 51.4 Å². The minimum atomic E-state index is -0.134. The van der Waals surface area contributed by atoms with Crippen molar-refractivity contribution in [2.45, 2.75) is 51.4 Å². The maximum Gasteiger partial charge on any atom is 0.239 e. The van der Waals surface area contributed by atoms with Gasteiger partial charge in [-0.15, -0.1) is 0 Å². The van der Waals surface area contributed by atoms with Crippen LogP contribution in [-0.2, 0) is 14.4 Å². The number of likely N-dealkylation sites (tertiary alicyclic amines) is 1. The normalized spacial score (nSPS) is 18.7.